The van der Waals surface area contributed by atoms with Crippen molar-refractivity contribution in [3.8, 4) is 0 Å². The number of anilines is 1. The molecule has 1 aromatic heterocycles. The Hall–Kier alpha value is -3.00. The Morgan fingerprint density at radius 1 is 1.03 bits per heavy atom. The number of amides is 1. The van der Waals surface area contributed by atoms with E-state index in [-0.39, 0.29) is 15.9 Å². The number of hydrogen-bond acceptors (Lipinski definition) is 3. The lowest BCUT2D eigenvalue weighted by Crippen LogP contribution is -2.28. The number of carbonyl (C=O) groups is 1. The zero-order valence-corrected chi connectivity index (χ0v) is 19.4. The molecule has 1 aliphatic rings. The average Bonchev–Trinajstić information content (AvgIpc) is 3.27. The Kier molecular flexibility index (Phi) is 5.78. The first-order valence-corrected chi connectivity index (χ1v) is 11.6. The van der Waals surface area contributed by atoms with E-state index in [1.54, 1.807) is 24.3 Å². The second-order valence-corrected chi connectivity index (χ2v) is 9.52. The third-order valence-corrected chi connectivity index (χ3v) is 7.00. The predicted molar refractivity (Wildman–Crippen MR) is 135 cm³/mol. The molecule has 5 rings (SSSR count). The predicted octanol–water partition coefficient (Wildman–Crippen LogP) is 7.03. The molecule has 1 aliphatic heterocycles. The van der Waals surface area contributed by atoms with Crippen LogP contribution in [-0.4, -0.2) is 14.8 Å². The fourth-order valence-corrected chi connectivity index (χ4v) is 5.31. The Morgan fingerprint density at radius 2 is 1.79 bits per heavy atom. The third kappa shape index (κ3) is 4.08. The summed E-state index contributed by atoms with van der Waals surface area (Å²) in [6.45, 7) is 0.434. The van der Waals surface area contributed by atoms with E-state index < -0.39 is 11.6 Å². The molecule has 0 spiro atoms. The standard InChI is InChI=1S/C25H15ClF2N2OS2/c26-19-12-17(27)10-9-15(19)13-29-14-16(18-5-1-3-7-21(18)29)11-23-24(31)30(25(32)33-23)22-8-4-2-6-20(22)28/h1-12,14H,13H2/b23-11+. The topological polar surface area (TPSA) is 25.2 Å². The van der Waals surface area contributed by atoms with E-state index in [4.69, 9.17) is 23.8 Å². The Bertz CT molecular complexity index is 1460. The number of nitrogens with zero attached hydrogens (tertiary/aromatic N) is 2. The first-order valence-electron chi connectivity index (χ1n) is 9.96. The number of rotatable bonds is 4. The Morgan fingerprint density at radius 3 is 2.58 bits per heavy atom. The Labute approximate surface area is 203 Å². The molecule has 0 radical (unpaired) electrons. The van der Waals surface area contributed by atoms with Crippen LogP contribution in [0, 0.1) is 11.6 Å². The fraction of sp³-hybridized carbons (Fsp3) is 0.0400. The highest BCUT2D eigenvalue weighted by Gasteiger charge is 2.34. The van der Waals surface area contributed by atoms with E-state index in [9.17, 15) is 13.6 Å². The average molecular weight is 497 g/mol. The van der Waals surface area contributed by atoms with Crippen molar-refractivity contribution in [1.82, 2.24) is 4.57 Å². The summed E-state index contributed by atoms with van der Waals surface area (Å²) in [6, 6.07) is 18.1. The van der Waals surface area contributed by atoms with Gasteiger partial charge in [0.1, 0.15) is 11.6 Å². The Balaban J connectivity index is 1.54. The molecular weight excluding hydrogens is 482 g/mol. The summed E-state index contributed by atoms with van der Waals surface area (Å²) >= 11 is 12.7. The zero-order chi connectivity index (χ0) is 23.1. The number of thiocarbonyl (C=S) groups is 1. The molecule has 4 aromatic rings. The molecule has 0 aliphatic carbocycles. The van der Waals surface area contributed by atoms with Crippen molar-refractivity contribution in [2.24, 2.45) is 0 Å². The molecular formula is C25H15ClF2N2OS2. The van der Waals surface area contributed by atoms with Crippen LogP contribution in [-0.2, 0) is 11.3 Å². The van der Waals surface area contributed by atoms with Crippen LogP contribution in [0.5, 0.6) is 0 Å². The number of carbonyl (C=O) groups excluding carboxylic acids is 1. The van der Waals surface area contributed by atoms with Gasteiger partial charge in [-0.1, -0.05) is 72.0 Å². The van der Waals surface area contributed by atoms with Crippen LogP contribution in [0.2, 0.25) is 5.02 Å². The minimum absolute atomic E-state index is 0.136. The number of hydrogen-bond donors (Lipinski definition) is 0. The van der Waals surface area contributed by atoms with Crippen LogP contribution in [0.25, 0.3) is 17.0 Å². The molecule has 1 amide bonds. The molecule has 1 saturated heterocycles. The summed E-state index contributed by atoms with van der Waals surface area (Å²) in [7, 11) is 0. The zero-order valence-electron chi connectivity index (χ0n) is 17.0. The summed E-state index contributed by atoms with van der Waals surface area (Å²) in [5.74, 6) is -1.27. The van der Waals surface area contributed by atoms with Gasteiger partial charge in [0.25, 0.3) is 5.91 Å². The molecule has 0 N–H and O–H groups in total. The summed E-state index contributed by atoms with van der Waals surface area (Å²) in [5.41, 5.74) is 2.67. The van der Waals surface area contributed by atoms with Crippen molar-refractivity contribution in [1.29, 1.82) is 0 Å². The van der Waals surface area contributed by atoms with Crippen molar-refractivity contribution in [3.05, 3.63) is 106 Å². The second-order valence-electron chi connectivity index (χ2n) is 7.43. The lowest BCUT2D eigenvalue weighted by molar-refractivity contribution is -0.113. The van der Waals surface area contributed by atoms with Crippen LogP contribution in [0.15, 0.2) is 77.8 Å². The largest absolute Gasteiger partial charge is 0.342 e. The van der Waals surface area contributed by atoms with Gasteiger partial charge in [-0.15, -0.1) is 0 Å². The molecule has 164 valence electrons. The quantitative estimate of drug-likeness (QED) is 0.224. The summed E-state index contributed by atoms with van der Waals surface area (Å²) < 4.78 is 30.0. The van der Waals surface area contributed by atoms with E-state index in [0.717, 1.165) is 33.8 Å². The van der Waals surface area contributed by atoms with E-state index in [1.807, 2.05) is 35.0 Å². The molecule has 0 unspecified atom stereocenters. The van der Waals surface area contributed by atoms with Crippen molar-refractivity contribution in [2.45, 2.75) is 6.54 Å². The highest BCUT2D eigenvalue weighted by molar-refractivity contribution is 8.27. The van der Waals surface area contributed by atoms with Gasteiger partial charge in [-0.25, -0.2) is 8.78 Å². The molecule has 3 nitrogen and oxygen atoms in total. The summed E-state index contributed by atoms with van der Waals surface area (Å²) in [5, 5.41) is 1.28. The number of para-hydroxylation sites is 2. The van der Waals surface area contributed by atoms with Crippen molar-refractivity contribution < 1.29 is 13.6 Å². The van der Waals surface area contributed by atoms with Crippen LogP contribution in [0.4, 0.5) is 14.5 Å². The maximum absolute atomic E-state index is 14.3. The second kappa shape index (κ2) is 8.74. The molecule has 2 heterocycles. The molecule has 3 aromatic carbocycles. The maximum Gasteiger partial charge on any atom is 0.270 e. The fourth-order valence-electron chi connectivity index (χ4n) is 3.80. The summed E-state index contributed by atoms with van der Waals surface area (Å²) in [4.78, 5) is 14.7. The van der Waals surface area contributed by atoms with Gasteiger partial charge in [0.05, 0.1) is 10.6 Å². The SMILES string of the molecule is O=C1/C(=C\c2cn(Cc3ccc(F)cc3Cl)c3ccccc23)SC(=S)N1c1ccccc1F. The van der Waals surface area contributed by atoms with Crippen LogP contribution in [0.3, 0.4) is 0 Å². The lowest BCUT2D eigenvalue weighted by atomic mass is 10.1. The van der Waals surface area contributed by atoms with Crippen molar-refractivity contribution in [2.75, 3.05) is 4.90 Å². The number of benzene rings is 3. The normalized spacial score (nSPS) is 15.2. The van der Waals surface area contributed by atoms with Crippen LogP contribution >= 0.6 is 35.6 Å². The molecule has 0 atom stereocenters. The van der Waals surface area contributed by atoms with Gasteiger partial charge < -0.3 is 4.57 Å². The molecule has 33 heavy (non-hydrogen) atoms. The molecule has 1 fully saturated rings. The first kappa shape index (κ1) is 21.8. The van der Waals surface area contributed by atoms with E-state index in [0.29, 0.717) is 16.5 Å². The van der Waals surface area contributed by atoms with E-state index in [2.05, 4.69) is 0 Å². The van der Waals surface area contributed by atoms with Gasteiger partial charge in [0, 0.05) is 34.2 Å². The van der Waals surface area contributed by atoms with Crippen molar-refractivity contribution >= 4 is 68.5 Å². The molecule has 0 bridgehead atoms. The molecule has 0 saturated carbocycles. The highest BCUT2D eigenvalue weighted by Crippen LogP contribution is 2.38. The van der Waals surface area contributed by atoms with Gasteiger partial charge in [-0.3, -0.25) is 9.69 Å². The van der Waals surface area contributed by atoms with Gasteiger partial charge in [-0.05, 0) is 42.0 Å². The van der Waals surface area contributed by atoms with Crippen molar-refractivity contribution in [3.63, 3.8) is 0 Å². The van der Waals surface area contributed by atoms with Crippen LogP contribution in [0.1, 0.15) is 11.1 Å². The van der Waals surface area contributed by atoms with Gasteiger partial charge in [0.15, 0.2) is 4.32 Å². The minimum atomic E-state index is -0.511. The smallest absolute Gasteiger partial charge is 0.270 e. The van der Waals surface area contributed by atoms with E-state index >= 15 is 0 Å². The maximum atomic E-state index is 14.3. The number of fused-ring (bicyclic) bond motifs is 1. The highest BCUT2D eigenvalue weighted by atomic mass is 35.5. The third-order valence-electron chi connectivity index (χ3n) is 5.35. The lowest BCUT2D eigenvalue weighted by Gasteiger charge is -2.14. The number of thioether (sulfide) groups is 1. The molecule has 8 heteroatoms. The van der Waals surface area contributed by atoms with Gasteiger partial charge >= 0.3 is 0 Å². The number of aromatic nitrogens is 1. The summed E-state index contributed by atoms with van der Waals surface area (Å²) in [6.07, 6.45) is 3.69. The van der Waals surface area contributed by atoms with Gasteiger partial charge in [0.2, 0.25) is 0 Å². The number of halogens is 3. The minimum Gasteiger partial charge on any atom is -0.342 e. The van der Waals surface area contributed by atoms with Gasteiger partial charge in [-0.2, -0.15) is 0 Å². The van der Waals surface area contributed by atoms with Crippen LogP contribution < -0.4 is 4.90 Å². The monoisotopic (exact) mass is 496 g/mol. The first-order chi connectivity index (χ1) is 15.9. The van der Waals surface area contributed by atoms with E-state index in [1.165, 1.54) is 29.2 Å².